The molecular formula is C13H12ClNO3. The van der Waals surface area contributed by atoms with Crippen LogP contribution in [0.5, 0.6) is 5.75 Å². The van der Waals surface area contributed by atoms with Crippen LogP contribution in [-0.4, -0.2) is 26.1 Å². The summed E-state index contributed by atoms with van der Waals surface area (Å²) < 4.78 is 10.2. The lowest BCUT2D eigenvalue weighted by Gasteiger charge is -2.33. The molecular weight excluding hydrogens is 254 g/mol. The fraction of sp³-hybridized carbons (Fsp3) is 0.385. The van der Waals surface area contributed by atoms with Gasteiger partial charge in [0, 0.05) is 5.02 Å². The molecule has 0 amide bonds. The van der Waals surface area contributed by atoms with Gasteiger partial charge in [-0.3, -0.25) is 4.79 Å². The van der Waals surface area contributed by atoms with Gasteiger partial charge in [0.2, 0.25) is 0 Å². The zero-order chi connectivity index (χ0) is 13.3. The van der Waals surface area contributed by atoms with Crippen LogP contribution < -0.4 is 4.74 Å². The highest BCUT2D eigenvalue weighted by Crippen LogP contribution is 2.36. The van der Waals surface area contributed by atoms with Crippen LogP contribution in [0.2, 0.25) is 5.02 Å². The first-order valence-electron chi connectivity index (χ1n) is 5.42. The molecule has 1 aliphatic rings. The predicted octanol–water partition coefficient (Wildman–Crippen LogP) is 2.38. The summed E-state index contributed by atoms with van der Waals surface area (Å²) in [5, 5.41) is 9.61. The monoisotopic (exact) mass is 265 g/mol. The number of carbonyl (C=O) groups excluding carboxylic acids is 1. The third-order valence-electron chi connectivity index (χ3n) is 3.07. The van der Waals surface area contributed by atoms with Gasteiger partial charge in [-0.2, -0.15) is 5.26 Å². The lowest BCUT2D eigenvalue weighted by molar-refractivity contribution is -0.0567. The van der Waals surface area contributed by atoms with Crippen LogP contribution in [0, 0.1) is 23.7 Å². The van der Waals surface area contributed by atoms with Gasteiger partial charge in [-0.15, -0.1) is 0 Å². The first-order chi connectivity index (χ1) is 8.54. The van der Waals surface area contributed by atoms with Crippen molar-refractivity contribution in [3.05, 3.63) is 28.3 Å². The average molecular weight is 266 g/mol. The molecule has 4 nitrogen and oxygen atoms in total. The molecule has 0 aliphatic carbocycles. The maximum atomic E-state index is 12.4. The summed E-state index contributed by atoms with van der Waals surface area (Å²) >= 11 is 6.02. The average Bonchev–Trinajstić information content (AvgIpc) is 2.31. The Morgan fingerprint density at radius 1 is 1.56 bits per heavy atom. The number of carbonyl (C=O) groups is 1. The van der Waals surface area contributed by atoms with Crippen LogP contribution in [0.4, 0.5) is 0 Å². The number of rotatable bonds is 3. The first kappa shape index (κ1) is 12.9. The van der Waals surface area contributed by atoms with Crippen molar-refractivity contribution in [3.63, 3.8) is 0 Å². The topological polar surface area (TPSA) is 59.3 Å². The molecule has 1 heterocycles. The van der Waals surface area contributed by atoms with E-state index in [-0.39, 0.29) is 19.0 Å². The quantitative estimate of drug-likeness (QED) is 0.788. The van der Waals surface area contributed by atoms with Crippen molar-refractivity contribution in [2.75, 3.05) is 20.3 Å². The molecule has 1 fully saturated rings. The van der Waals surface area contributed by atoms with Crippen LogP contribution in [0.15, 0.2) is 12.1 Å². The standard InChI is InChI=1S/C13H12ClNO3/c1-8-3-11(17-2)9(4-10(8)14)12(16)13(5-15)6-18-7-13/h3-4H,6-7H2,1-2H3. The number of benzene rings is 1. The van der Waals surface area contributed by atoms with E-state index >= 15 is 0 Å². The highest BCUT2D eigenvalue weighted by molar-refractivity contribution is 6.32. The minimum absolute atomic E-state index is 0.122. The number of ketones is 1. The highest BCUT2D eigenvalue weighted by Gasteiger charge is 2.47. The second-order valence-electron chi connectivity index (χ2n) is 4.32. The van der Waals surface area contributed by atoms with Gasteiger partial charge >= 0.3 is 0 Å². The largest absolute Gasteiger partial charge is 0.496 e. The molecule has 0 aromatic heterocycles. The third-order valence-corrected chi connectivity index (χ3v) is 3.48. The molecule has 18 heavy (non-hydrogen) atoms. The minimum atomic E-state index is -1.09. The van der Waals surface area contributed by atoms with Crippen molar-refractivity contribution >= 4 is 17.4 Å². The van der Waals surface area contributed by atoms with Gasteiger partial charge in [0.25, 0.3) is 0 Å². The number of Topliss-reactive ketones (excluding diaryl/α,β-unsaturated/α-hetero) is 1. The van der Waals surface area contributed by atoms with Gasteiger partial charge in [0.15, 0.2) is 11.2 Å². The summed E-state index contributed by atoms with van der Waals surface area (Å²) in [6.07, 6.45) is 0. The molecule has 1 aliphatic heterocycles. The normalized spacial score (nSPS) is 16.6. The zero-order valence-corrected chi connectivity index (χ0v) is 10.9. The smallest absolute Gasteiger partial charge is 0.191 e. The summed E-state index contributed by atoms with van der Waals surface area (Å²) in [5.74, 6) is 0.137. The fourth-order valence-corrected chi connectivity index (χ4v) is 1.98. The van der Waals surface area contributed by atoms with Crippen molar-refractivity contribution in [2.24, 2.45) is 5.41 Å². The van der Waals surface area contributed by atoms with E-state index in [1.807, 2.05) is 13.0 Å². The zero-order valence-electron chi connectivity index (χ0n) is 10.1. The number of methoxy groups -OCH3 is 1. The Labute approximate surface area is 110 Å². The summed E-state index contributed by atoms with van der Waals surface area (Å²) in [6, 6.07) is 5.27. The number of aryl methyl sites for hydroxylation is 1. The van der Waals surface area contributed by atoms with E-state index in [1.54, 1.807) is 12.1 Å². The number of halogens is 1. The Kier molecular flexibility index (Phi) is 3.29. The molecule has 1 aromatic carbocycles. The molecule has 0 N–H and O–H groups in total. The molecule has 0 spiro atoms. The van der Waals surface area contributed by atoms with E-state index in [0.717, 1.165) is 5.56 Å². The maximum Gasteiger partial charge on any atom is 0.191 e. The van der Waals surface area contributed by atoms with Crippen molar-refractivity contribution in [2.45, 2.75) is 6.92 Å². The van der Waals surface area contributed by atoms with E-state index < -0.39 is 5.41 Å². The summed E-state index contributed by atoms with van der Waals surface area (Å²) in [6.45, 7) is 2.07. The fourth-order valence-electron chi connectivity index (χ4n) is 1.81. The summed E-state index contributed by atoms with van der Waals surface area (Å²) in [5.41, 5.74) is 0.0603. The molecule has 0 unspecified atom stereocenters. The Morgan fingerprint density at radius 3 is 2.67 bits per heavy atom. The van der Waals surface area contributed by atoms with E-state index in [4.69, 9.17) is 26.3 Å². The van der Waals surface area contributed by atoms with Gasteiger partial charge in [-0.05, 0) is 24.6 Å². The van der Waals surface area contributed by atoms with Crippen LogP contribution in [0.3, 0.4) is 0 Å². The van der Waals surface area contributed by atoms with Crippen molar-refractivity contribution in [1.29, 1.82) is 5.26 Å². The lowest BCUT2D eigenvalue weighted by Crippen LogP contribution is -2.48. The maximum absolute atomic E-state index is 12.4. The number of hydrogen-bond donors (Lipinski definition) is 0. The van der Waals surface area contributed by atoms with E-state index in [1.165, 1.54) is 7.11 Å². The predicted molar refractivity (Wildman–Crippen MR) is 65.9 cm³/mol. The number of ether oxygens (including phenoxy) is 2. The van der Waals surface area contributed by atoms with Crippen LogP contribution in [0.1, 0.15) is 15.9 Å². The van der Waals surface area contributed by atoms with Crippen LogP contribution in [0.25, 0.3) is 0 Å². The number of hydrogen-bond acceptors (Lipinski definition) is 4. The van der Waals surface area contributed by atoms with Gasteiger partial charge in [0.05, 0.1) is 32.0 Å². The van der Waals surface area contributed by atoms with Gasteiger partial charge < -0.3 is 9.47 Å². The molecule has 94 valence electrons. The van der Waals surface area contributed by atoms with Gasteiger partial charge in [-0.25, -0.2) is 0 Å². The second kappa shape index (κ2) is 4.60. The minimum Gasteiger partial charge on any atom is -0.496 e. The van der Waals surface area contributed by atoms with Gasteiger partial charge in [-0.1, -0.05) is 11.6 Å². The van der Waals surface area contributed by atoms with E-state index in [2.05, 4.69) is 0 Å². The Hall–Kier alpha value is -1.57. The van der Waals surface area contributed by atoms with Crippen molar-refractivity contribution < 1.29 is 14.3 Å². The highest BCUT2D eigenvalue weighted by atomic mass is 35.5. The van der Waals surface area contributed by atoms with Crippen molar-refractivity contribution in [1.82, 2.24) is 0 Å². The van der Waals surface area contributed by atoms with E-state index in [9.17, 15) is 4.79 Å². The molecule has 0 bridgehead atoms. The molecule has 0 saturated carbocycles. The van der Waals surface area contributed by atoms with Crippen LogP contribution >= 0.6 is 11.6 Å². The number of nitriles is 1. The molecule has 5 heteroatoms. The van der Waals surface area contributed by atoms with Gasteiger partial charge in [0.1, 0.15) is 5.75 Å². The van der Waals surface area contributed by atoms with Crippen molar-refractivity contribution in [3.8, 4) is 11.8 Å². The van der Waals surface area contributed by atoms with Crippen LogP contribution in [-0.2, 0) is 4.74 Å². The lowest BCUT2D eigenvalue weighted by atomic mass is 9.79. The third kappa shape index (κ3) is 1.86. The Morgan fingerprint density at radius 2 is 2.22 bits per heavy atom. The molecule has 0 atom stereocenters. The summed E-state index contributed by atoms with van der Waals surface area (Å²) in [7, 11) is 1.48. The summed E-state index contributed by atoms with van der Waals surface area (Å²) in [4.78, 5) is 12.4. The second-order valence-corrected chi connectivity index (χ2v) is 4.72. The molecule has 0 radical (unpaired) electrons. The SMILES string of the molecule is COc1cc(C)c(Cl)cc1C(=O)C1(C#N)COC1. The number of nitrogens with zero attached hydrogens (tertiary/aromatic N) is 1. The Bertz CT molecular complexity index is 544. The first-order valence-corrected chi connectivity index (χ1v) is 5.80. The van der Waals surface area contributed by atoms with E-state index in [0.29, 0.717) is 16.3 Å². The molecule has 1 saturated heterocycles. The molecule has 2 rings (SSSR count). The molecule has 1 aromatic rings. The Balaban J connectivity index is 2.48.